The van der Waals surface area contributed by atoms with Crippen LogP contribution >= 0.6 is 0 Å². The van der Waals surface area contributed by atoms with Crippen LogP contribution in [0.4, 0.5) is 22.0 Å². The average molecular weight is 447 g/mol. The number of hydrogen-bond donors (Lipinski definition) is 1. The maximum absolute atomic E-state index is 13.6. The van der Waals surface area contributed by atoms with Gasteiger partial charge in [0.1, 0.15) is 5.82 Å². The number of nitrogens with two attached hydrogens (primary N) is 1. The largest absolute Gasteiger partial charge is 0.433 e. The van der Waals surface area contributed by atoms with Gasteiger partial charge < -0.3 is 15.5 Å². The molecular weight excluding hydrogens is 421 g/mol. The monoisotopic (exact) mass is 447 g/mol. The van der Waals surface area contributed by atoms with Gasteiger partial charge in [-0.15, -0.1) is 0 Å². The van der Waals surface area contributed by atoms with Crippen molar-refractivity contribution in [3.63, 3.8) is 0 Å². The third-order valence-corrected chi connectivity index (χ3v) is 5.58. The van der Waals surface area contributed by atoms with Crippen LogP contribution in [0, 0.1) is 0 Å². The number of hydrogen-bond acceptors (Lipinski definition) is 5. The number of likely N-dealkylation sites (tertiary alicyclic amines) is 1. The van der Waals surface area contributed by atoms with Crippen molar-refractivity contribution >= 4 is 5.91 Å². The maximum atomic E-state index is 13.6. The number of amides is 1. The minimum absolute atomic E-state index is 0.0295. The molecule has 0 bridgehead atoms. The molecule has 0 unspecified atom stereocenters. The highest BCUT2D eigenvalue weighted by Crippen LogP contribution is 2.34. The minimum atomic E-state index is -4.55. The number of halogens is 5. The van der Waals surface area contributed by atoms with Crippen molar-refractivity contribution in [2.45, 2.75) is 63.7 Å². The molecule has 1 aromatic heterocycles. The molecule has 3 rings (SSSR count). The van der Waals surface area contributed by atoms with Crippen LogP contribution in [0.15, 0.2) is 12.3 Å². The Balaban J connectivity index is 1.66. The quantitative estimate of drug-likeness (QED) is 0.679. The molecule has 2 N–H and O–H groups in total. The van der Waals surface area contributed by atoms with E-state index in [1.807, 2.05) is 0 Å². The molecule has 0 radical (unpaired) electrons. The van der Waals surface area contributed by atoms with E-state index in [0.717, 1.165) is 4.90 Å². The van der Waals surface area contributed by atoms with Crippen molar-refractivity contribution in [3.8, 4) is 0 Å². The van der Waals surface area contributed by atoms with Gasteiger partial charge in [0.25, 0.3) is 5.92 Å². The van der Waals surface area contributed by atoms with Gasteiger partial charge in [-0.05, 0) is 6.42 Å². The van der Waals surface area contributed by atoms with Crippen LogP contribution in [0.3, 0.4) is 0 Å². The molecule has 1 amide bonds. The van der Waals surface area contributed by atoms with Crippen LogP contribution in [0.1, 0.15) is 49.0 Å². The van der Waals surface area contributed by atoms with Crippen LogP contribution in [0.25, 0.3) is 0 Å². The van der Waals surface area contributed by atoms with Crippen molar-refractivity contribution in [2.75, 3.05) is 19.6 Å². The van der Waals surface area contributed by atoms with Gasteiger partial charge in [-0.3, -0.25) is 4.79 Å². The van der Waals surface area contributed by atoms with Crippen LogP contribution in [0.2, 0.25) is 0 Å². The number of rotatable bonds is 6. The van der Waals surface area contributed by atoms with Gasteiger partial charge >= 0.3 is 6.18 Å². The summed E-state index contributed by atoms with van der Waals surface area (Å²) in [5.74, 6) is -3.16. The number of fused-ring (bicyclic) bond motifs is 1. The van der Waals surface area contributed by atoms with Crippen molar-refractivity contribution in [3.05, 3.63) is 35.1 Å². The lowest BCUT2D eigenvalue weighted by Crippen LogP contribution is -2.50. The van der Waals surface area contributed by atoms with Crippen LogP contribution in [0.5, 0.6) is 0 Å². The molecule has 0 aliphatic carbocycles. The lowest BCUT2D eigenvalue weighted by Gasteiger charge is -2.36. The van der Waals surface area contributed by atoms with Gasteiger partial charge in [-0.1, -0.05) is 13.5 Å². The zero-order valence-electron chi connectivity index (χ0n) is 17.3. The van der Waals surface area contributed by atoms with E-state index in [-0.39, 0.29) is 62.6 Å². The molecule has 2 aliphatic heterocycles. The van der Waals surface area contributed by atoms with Gasteiger partial charge in [0.2, 0.25) is 5.91 Å². The number of piperidine rings is 1. The molecule has 3 heterocycles. The molecule has 1 saturated heterocycles. The third-order valence-electron chi connectivity index (χ3n) is 5.58. The van der Waals surface area contributed by atoms with Gasteiger partial charge in [-0.2, -0.15) is 13.2 Å². The van der Waals surface area contributed by atoms with Gasteiger partial charge in [-0.25, -0.2) is 18.7 Å². The second-order valence-corrected chi connectivity index (χ2v) is 8.10. The number of alkyl halides is 5. The summed E-state index contributed by atoms with van der Waals surface area (Å²) in [6, 6.07) is -0.617. The number of aromatic nitrogens is 2. The first-order chi connectivity index (χ1) is 14.4. The molecule has 6 nitrogen and oxygen atoms in total. The summed E-state index contributed by atoms with van der Waals surface area (Å²) in [7, 11) is 0. The Hall–Kier alpha value is -2.30. The second kappa shape index (κ2) is 8.68. The average Bonchev–Trinajstić information content (AvgIpc) is 2.68. The summed E-state index contributed by atoms with van der Waals surface area (Å²) in [6.45, 7) is 5.41. The molecule has 0 aromatic carbocycles. The number of carbonyl (C=O) groups excluding carboxylic acids is 1. The first-order valence-corrected chi connectivity index (χ1v) is 10.2. The number of carbonyl (C=O) groups is 1. The Labute approximate surface area is 177 Å². The highest BCUT2D eigenvalue weighted by molar-refractivity contribution is 5.77. The maximum Gasteiger partial charge on any atom is 0.433 e. The summed E-state index contributed by atoms with van der Waals surface area (Å²) in [4.78, 5) is 22.7. The van der Waals surface area contributed by atoms with Crippen LogP contribution < -0.4 is 5.73 Å². The molecule has 11 heteroatoms. The van der Waals surface area contributed by atoms with Gasteiger partial charge in [0.15, 0.2) is 5.69 Å². The fraction of sp³-hybridized carbons (Fsp3) is 0.650. The highest BCUT2D eigenvalue weighted by atomic mass is 19.4. The van der Waals surface area contributed by atoms with Crippen molar-refractivity contribution in [1.82, 2.24) is 19.8 Å². The zero-order chi connectivity index (χ0) is 23.0. The Morgan fingerprint density at radius 1 is 1.29 bits per heavy atom. The zero-order valence-corrected chi connectivity index (χ0v) is 17.3. The fourth-order valence-electron chi connectivity index (χ4n) is 3.98. The Morgan fingerprint density at radius 3 is 2.65 bits per heavy atom. The molecule has 0 spiro atoms. The van der Waals surface area contributed by atoms with E-state index in [9.17, 15) is 26.7 Å². The lowest BCUT2D eigenvalue weighted by atomic mass is 10.00. The topological polar surface area (TPSA) is 75.3 Å². The van der Waals surface area contributed by atoms with Crippen molar-refractivity contribution < 1.29 is 26.7 Å². The van der Waals surface area contributed by atoms with Crippen LogP contribution in [-0.2, 0) is 30.4 Å². The summed E-state index contributed by atoms with van der Waals surface area (Å²) in [5.41, 5.74) is 6.17. The molecular formula is C20H26F5N5O. The predicted octanol–water partition coefficient (Wildman–Crippen LogP) is 2.90. The molecule has 1 atom stereocenters. The predicted molar refractivity (Wildman–Crippen MR) is 103 cm³/mol. The summed E-state index contributed by atoms with van der Waals surface area (Å²) < 4.78 is 67.4. The van der Waals surface area contributed by atoms with E-state index in [1.165, 1.54) is 0 Å². The van der Waals surface area contributed by atoms with E-state index in [4.69, 9.17) is 5.73 Å². The lowest BCUT2D eigenvalue weighted by molar-refractivity contribution is -0.147. The number of nitrogens with zero attached hydrogens (tertiary/aromatic N) is 4. The molecule has 31 heavy (non-hydrogen) atoms. The number of aryl methyl sites for hydroxylation is 1. The Kier molecular flexibility index (Phi) is 6.54. The van der Waals surface area contributed by atoms with E-state index < -0.39 is 36.8 Å². The minimum Gasteiger partial charge on any atom is -0.369 e. The van der Waals surface area contributed by atoms with E-state index in [1.54, 1.807) is 11.8 Å². The fourth-order valence-corrected chi connectivity index (χ4v) is 3.98. The van der Waals surface area contributed by atoms with Gasteiger partial charge in [0, 0.05) is 56.1 Å². The normalized spacial score (nSPS) is 19.9. The Morgan fingerprint density at radius 2 is 2.00 bits per heavy atom. The molecule has 172 valence electrons. The standard InChI is InChI=1S/C20H26F5N5O/c1-3-16-27-15-10-29(7-5-14(15)18(28-16)20(23,24)25)12(2)8-13(26)9-30-11-19(21,22)6-4-17(30)31/h13H,2-11,26H2,1H3/t13-/m0/s1. The van der Waals surface area contributed by atoms with Crippen LogP contribution in [-0.4, -0.2) is 57.3 Å². The smallest absolute Gasteiger partial charge is 0.369 e. The van der Waals surface area contributed by atoms with Crippen molar-refractivity contribution in [2.24, 2.45) is 5.73 Å². The van der Waals surface area contributed by atoms with E-state index in [0.29, 0.717) is 11.4 Å². The van der Waals surface area contributed by atoms with E-state index in [2.05, 4.69) is 16.5 Å². The third kappa shape index (κ3) is 5.50. The highest BCUT2D eigenvalue weighted by Gasteiger charge is 2.40. The second-order valence-electron chi connectivity index (χ2n) is 8.10. The molecule has 0 saturated carbocycles. The van der Waals surface area contributed by atoms with E-state index >= 15 is 0 Å². The first-order valence-electron chi connectivity index (χ1n) is 10.2. The SMILES string of the molecule is C=C(C[C@H](N)CN1CC(F)(F)CCC1=O)N1CCc2c(nc(CC)nc2C(F)(F)F)C1. The molecule has 1 aromatic rings. The Bertz CT molecular complexity index is 857. The summed E-state index contributed by atoms with van der Waals surface area (Å²) in [6.07, 6.45) is -4.62. The first kappa shape index (κ1) is 23.4. The molecule has 2 aliphatic rings. The summed E-state index contributed by atoms with van der Waals surface area (Å²) in [5, 5.41) is 0. The summed E-state index contributed by atoms with van der Waals surface area (Å²) >= 11 is 0. The van der Waals surface area contributed by atoms with Crippen molar-refractivity contribution in [1.29, 1.82) is 0 Å². The molecule has 1 fully saturated rings. The van der Waals surface area contributed by atoms with Gasteiger partial charge in [0.05, 0.1) is 18.8 Å².